The Morgan fingerprint density at radius 2 is 1.65 bits per heavy atom. The van der Waals surface area contributed by atoms with Gasteiger partial charge in [-0.2, -0.15) is 5.10 Å². The topological polar surface area (TPSA) is 58.3 Å². The van der Waals surface area contributed by atoms with E-state index < -0.39 is 7.36 Å². The minimum absolute atomic E-state index is 0.174. The van der Waals surface area contributed by atoms with Gasteiger partial charge in [0.05, 0.1) is 46.2 Å². The van der Waals surface area contributed by atoms with E-state index in [1.54, 1.807) is 6.07 Å². The molecule has 0 N–H and O–H groups in total. The first kappa shape index (κ1) is 25.7. The van der Waals surface area contributed by atoms with E-state index in [1.165, 1.54) is 6.07 Å². The second kappa shape index (κ2) is 10.3. The Kier molecular flexibility index (Phi) is 6.59. The van der Waals surface area contributed by atoms with E-state index in [2.05, 4.69) is 9.34 Å². The lowest BCUT2D eigenvalue weighted by Gasteiger charge is -2.48. The highest BCUT2D eigenvalue weighted by atomic mass is 35.5. The van der Waals surface area contributed by atoms with Gasteiger partial charge in [0.15, 0.2) is 13.2 Å². The molecule has 3 heterocycles. The minimum Gasteiger partial charge on any atom is -0.379 e. The van der Waals surface area contributed by atoms with Crippen molar-refractivity contribution in [3.8, 4) is 5.69 Å². The fraction of sp³-hybridized carbons (Fsp3) is 0.267. The van der Waals surface area contributed by atoms with Crippen LogP contribution < -0.4 is 5.30 Å². The molecule has 0 spiro atoms. The first-order chi connectivity index (χ1) is 19.6. The van der Waals surface area contributed by atoms with E-state index in [-0.39, 0.29) is 11.9 Å². The van der Waals surface area contributed by atoms with Crippen molar-refractivity contribution in [3.05, 3.63) is 101 Å². The maximum atomic E-state index is 15.6. The molecule has 10 heteroatoms. The summed E-state index contributed by atoms with van der Waals surface area (Å²) < 4.78 is 33.8. The summed E-state index contributed by atoms with van der Waals surface area (Å²) in [7, 11) is -2.84. The normalized spacial score (nSPS) is 21.2. The molecule has 40 heavy (non-hydrogen) atoms. The van der Waals surface area contributed by atoms with Crippen LogP contribution in [-0.4, -0.2) is 57.3 Å². The number of morpholine rings is 1. The number of fused-ring (bicyclic) bond motifs is 1. The molecule has 1 aromatic heterocycles. The molecule has 1 saturated heterocycles. The number of aliphatic imine (C=N–C) groups is 1. The zero-order chi connectivity index (χ0) is 27.3. The van der Waals surface area contributed by atoms with Gasteiger partial charge in [-0.1, -0.05) is 54.1 Å². The summed E-state index contributed by atoms with van der Waals surface area (Å²) >= 11 is 6.79. The molecular weight excluding hydrogens is 546 g/mol. The molecule has 1 atom stereocenters. The molecule has 4 aromatic rings. The first-order valence-electron chi connectivity index (χ1n) is 13.6. The first-order valence-corrected chi connectivity index (χ1v) is 15.6. The zero-order valence-corrected chi connectivity index (χ0v) is 23.8. The van der Waals surface area contributed by atoms with E-state index >= 15 is 4.39 Å². The number of hydrogen-bond donors (Lipinski definition) is 0. The lowest BCUT2D eigenvalue weighted by molar-refractivity contribution is 0.0729. The maximum absolute atomic E-state index is 15.6. The number of ether oxygens (including phenoxy) is 1. The van der Waals surface area contributed by atoms with E-state index in [0.717, 1.165) is 29.5 Å². The number of nitrogens with zero attached hydrogens (tertiary/aromatic N) is 6. The summed E-state index contributed by atoms with van der Waals surface area (Å²) in [5.41, 5.74) is 2.92. The van der Waals surface area contributed by atoms with Gasteiger partial charge in [-0.05, 0) is 56.2 Å². The van der Waals surface area contributed by atoms with Crippen LogP contribution in [0.1, 0.15) is 24.1 Å². The van der Waals surface area contributed by atoms with Gasteiger partial charge >= 0.3 is 0 Å². The average molecular weight is 575 g/mol. The Balaban J connectivity index is 1.62. The number of halogens is 2. The summed E-state index contributed by atoms with van der Waals surface area (Å²) in [5.74, 6) is 0.978. The third kappa shape index (κ3) is 4.22. The lowest BCUT2D eigenvalue weighted by atomic mass is 10.2. The predicted molar refractivity (Wildman–Crippen MR) is 158 cm³/mol. The second-order valence-electron chi connectivity index (χ2n) is 10.2. The molecule has 7 rings (SSSR count). The molecule has 0 radical (unpaired) electrons. The lowest BCUT2D eigenvalue weighted by Crippen LogP contribution is -2.48. The van der Waals surface area contributed by atoms with E-state index in [0.29, 0.717) is 54.2 Å². The molecule has 2 fully saturated rings. The summed E-state index contributed by atoms with van der Waals surface area (Å²) in [6, 6.07) is 24.7. The summed E-state index contributed by atoms with van der Waals surface area (Å²) in [6.07, 6.45) is 1.97. The highest BCUT2D eigenvalue weighted by Crippen LogP contribution is 2.65. The van der Waals surface area contributed by atoms with E-state index in [1.807, 2.05) is 78.3 Å². The standard InChI is InChI=1S/C30H29ClFN6OP/c1-21-28-30(37(34-21)22-9-3-2-4-10-22)33-29(24-11-5-7-13-26(24)32)38(23-15-16-23)40(28,36-17-19-39-20-18-36)35-27-14-8-6-12-25(27)31/h2-14,23H,15-20H2,1H3/t40-/m0/s1. The van der Waals surface area contributed by atoms with Crippen molar-refractivity contribution < 1.29 is 9.13 Å². The van der Waals surface area contributed by atoms with Gasteiger partial charge in [0.1, 0.15) is 11.7 Å². The largest absolute Gasteiger partial charge is 0.379 e. The van der Waals surface area contributed by atoms with Gasteiger partial charge in [-0.3, -0.25) is 0 Å². The van der Waals surface area contributed by atoms with Crippen molar-refractivity contribution >= 4 is 41.6 Å². The van der Waals surface area contributed by atoms with Crippen LogP contribution in [0.15, 0.2) is 88.6 Å². The van der Waals surface area contributed by atoms with Gasteiger partial charge < -0.3 is 9.41 Å². The third-order valence-corrected chi connectivity index (χ3v) is 11.8. The molecule has 7 nitrogen and oxygen atoms in total. The smallest absolute Gasteiger partial charge is 0.170 e. The highest BCUT2D eigenvalue weighted by Gasteiger charge is 2.52. The summed E-state index contributed by atoms with van der Waals surface area (Å²) in [6.45, 7) is 4.58. The summed E-state index contributed by atoms with van der Waals surface area (Å²) in [4.78, 5) is 5.25. The highest BCUT2D eigenvalue weighted by molar-refractivity contribution is 7.70. The van der Waals surface area contributed by atoms with Crippen molar-refractivity contribution in [1.29, 1.82) is 0 Å². The van der Waals surface area contributed by atoms with Crippen LogP contribution in [0.3, 0.4) is 0 Å². The second-order valence-corrected chi connectivity index (χ2v) is 13.4. The number of aromatic nitrogens is 2. The molecular formula is C30H29ClFN6OP. The predicted octanol–water partition coefficient (Wildman–Crippen LogP) is 6.85. The van der Waals surface area contributed by atoms with Crippen molar-refractivity contribution in [2.75, 3.05) is 26.3 Å². The fourth-order valence-electron chi connectivity index (χ4n) is 5.60. The number of rotatable bonds is 5. The Bertz CT molecular complexity index is 1660. The Morgan fingerprint density at radius 1 is 0.950 bits per heavy atom. The molecule has 0 unspecified atom stereocenters. The number of amidine groups is 1. The molecule has 3 aliphatic rings. The number of hydrogen-bond acceptors (Lipinski definition) is 4. The van der Waals surface area contributed by atoms with Gasteiger partial charge in [-0.15, -0.1) is 0 Å². The van der Waals surface area contributed by atoms with Crippen LogP contribution in [0.2, 0.25) is 5.02 Å². The number of benzene rings is 3. The third-order valence-electron chi connectivity index (χ3n) is 7.52. The Morgan fingerprint density at radius 3 is 2.38 bits per heavy atom. The van der Waals surface area contributed by atoms with Crippen molar-refractivity contribution in [1.82, 2.24) is 19.1 Å². The Labute approximate surface area is 238 Å². The number of para-hydroxylation sites is 1. The van der Waals surface area contributed by atoms with Gasteiger partial charge in [0, 0.05) is 19.1 Å². The van der Waals surface area contributed by atoms with Gasteiger partial charge in [-0.25, -0.2) is 23.5 Å². The molecule has 0 amide bonds. The molecule has 1 aliphatic carbocycles. The van der Waals surface area contributed by atoms with Crippen LogP contribution >= 0.6 is 19.0 Å². The molecule has 204 valence electrons. The zero-order valence-electron chi connectivity index (χ0n) is 22.1. The van der Waals surface area contributed by atoms with Crippen LogP contribution in [0.4, 0.5) is 15.9 Å². The molecule has 3 aromatic carbocycles. The van der Waals surface area contributed by atoms with Crippen molar-refractivity contribution in [2.24, 2.45) is 9.74 Å². The minimum atomic E-state index is -2.84. The van der Waals surface area contributed by atoms with Gasteiger partial charge in [0.25, 0.3) is 0 Å². The molecule has 2 aliphatic heterocycles. The number of aryl methyl sites for hydroxylation is 1. The fourth-order valence-corrected chi connectivity index (χ4v) is 10.1. The Hall–Kier alpha value is -3.29. The van der Waals surface area contributed by atoms with Crippen LogP contribution in [0.5, 0.6) is 0 Å². The molecule has 1 saturated carbocycles. The average Bonchev–Trinajstić information content (AvgIpc) is 3.77. The monoisotopic (exact) mass is 574 g/mol. The van der Waals surface area contributed by atoms with Crippen LogP contribution in [0, 0.1) is 12.7 Å². The van der Waals surface area contributed by atoms with Crippen LogP contribution in [0.25, 0.3) is 5.69 Å². The van der Waals surface area contributed by atoms with E-state index in [4.69, 9.17) is 31.2 Å². The van der Waals surface area contributed by atoms with Gasteiger partial charge in [0.2, 0.25) is 0 Å². The quantitative estimate of drug-likeness (QED) is 0.245. The van der Waals surface area contributed by atoms with Crippen molar-refractivity contribution in [2.45, 2.75) is 25.8 Å². The SMILES string of the molecule is Cc1nn(-c2ccccc2)c2c1[P@](=Nc1ccccc1Cl)(N1CCOCC1)N(C1CC1)C(c1ccccc1F)=N2. The van der Waals surface area contributed by atoms with Crippen LogP contribution in [-0.2, 0) is 4.74 Å². The van der Waals surface area contributed by atoms with E-state index in [9.17, 15) is 0 Å². The van der Waals surface area contributed by atoms with Crippen molar-refractivity contribution in [3.63, 3.8) is 0 Å². The summed E-state index contributed by atoms with van der Waals surface area (Å²) in [5, 5.41) is 6.62. The maximum Gasteiger partial charge on any atom is 0.170 e. The molecule has 0 bridgehead atoms.